The number of methoxy groups -OCH3 is 1. The van der Waals surface area contributed by atoms with Crippen LogP contribution in [-0.2, 0) is 20.6 Å². The molecule has 0 heterocycles. The van der Waals surface area contributed by atoms with E-state index in [0.717, 1.165) is 17.8 Å². The summed E-state index contributed by atoms with van der Waals surface area (Å²) in [7, 11) is -2.01. The Morgan fingerprint density at radius 1 is 1.23 bits per heavy atom. The summed E-state index contributed by atoms with van der Waals surface area (Å²) < 4.78 is 30.8. The Morgan fingerprint density at radius 2 is 1.97 bits per heavy atom. The molecule has 0 radical (unpaired) electrons. The van der Waals surface area contributed by atoms with Crippen LogP contribution in [0.15, 0.2) is 42.5 Å². The third kappa shape index (κ3) is 8.27. The molecule has 31 heavy (non-hydrogen) atoms. The first kappa shape index (κ1) is 25.4. The molecule has 9 heteroatoms. The molecule has 0 saturated heterocycles. The van der Waals surface area contributed by atoms with Crippen molar-refractivity contribution < 1.29 is 17.9 Å². The fourth-order valence-electron chi connectivity index (χ4n) is 2.99. The Hall–Kier alpha value is -1.90. The number of rotatable bonds is 12. The van der Waals surface area contributed by atoms with Gasteiger partial charge in [0.05, 0.1) is 24.1 Å². The van der Waals surface area contributed by atoms with Gasteiger partial charge in [-0.25, -0.2) is 8.42 Å². The van der Waals surface area contributed by atoms with Gasteiger partial charge >= 0.3 is 0 Å². The van der Waals surface area contributed by atoms with Gasteiger partial charge in [-0.3, -0.25) is 9.10 Å². The molecule has 0 aromatic heterocycles. The quantitative estimate of drug-likeness (QED) is 0.456. The van der Waals surface area contributed by atoms with E-state index >= 15 is 0 Å². The minimum Gasteiger partial charge on any atom is -0.495 e. The lowest BCUT2D eigenvalue weighted by Gasteiger charge is -2.23. The molecule has 6 nitrogen and oxygen atoms in total. The van der Waals surface area contributed by atoms with Crippen molar-refractivity contribution in [1.82, 2.24) is 5.32 Å². The minimum absolute atomic E-state index is 0.0855. The minimum atomic E-state index is -3.51. The van der Waals surface area contributed by atoms with Gasteiger partial charge in [0.1, 0.15) is 5.75 Å². The van der Waals surface area contributed by atoms with Crippen molar-refractivity contribution in [2.75, 3.05) is 36.5 Å². The Balaban J connectivity index is 1.76. The number of benzene rings is 2. The van der Waals surface area contributed by atoms with E-state index in [9.17, 15) is 13.2 Å². The van der Waals surface area contributed by atoms with Crippen molar-refractivity contribution in [3.05, 3.63) is 58.6 Å². The molecule has 0 saturated carbocycles. The molecule has 170 valence electrons. The summed E-state index contributed by atoms with van der Waals surface area (Å²) in [5, 5.41) is 3.22. The van der Waals surface area contributed by atoms with Crippen LogP contribution in [0.25, 0.3) is 0 Å². The summed E-state index contributed by atoms with van der Waals surface area (Å²) in [6.45, 7) is 2.87. The van der Waals surface area contributed by atoms with Crippen molar-refractivity contribution in [2.24, 2.45) is 0 Å². The summed E-state index contributed by atoms with van der Waals surface area (Å²) in [4.78, 5) is 12.1. The Labute approximate surface area is 194 Å². The number of nitrogens with one attached hydrogen (secondary N) is 1. The van der Waals surface area contributed by atoms with E-state index in [4.69, 9.17) is 16.3 Å². The molecule has 0 atom stereocenters. The van der Waals surface area contributed by atoms with Gasteiger partial charge in [0.15, 0.2) is 0 Å². The first-order valence-corrected chi connectivity index (χ1v) is 13.3. The molecule has 1 amide bonds. The molecule has 0 aliphatic heterocycles. The number of carbonyl (C=O) groups is 1. The Kier molecular flexibility index (Phi) is 9.99. The van der Waals surface area contributed by atoms with Crippen LogP contribution in [0.5, 0.6) is 5.75 Å². The van der Waals surface area contributed by atoms with Gasteiger partial charge in [-0.2, -0.15) is 11.8 Å². The predicted molar refractivity (Wildman–Crippen MR) is 130 cm³/mol. The monoisotopic (exact) mass is 484 g/mol. The molecule has 0 fully saturated rings. The lowest BCUT2D eigenvalue weighted by Crippen LogP contribution is -2.32. The number of hydrogen-bond donors (Lipinski definition) is 1. The number of amides is 1. The third-order valence-electron chi connectivity index (χ3n) is 4.68. The zero-order chi connectivity index (χ0) is 22.9. The van der Waals surface area contributed by atoms with Crippen molar-refractivity contribution in [3.63, 3.8) is 0 Å². The van der Waals surface area contributed by atoms with Crippen LogP contribution < -0.4 is 14.4 Å². The molecule has 2 rings (SSSR count). The van der Waals surface area contributed by atoms with Crippen molar-refractivity contribution in [3.8, 4) is 5.75 Å². The largest absolute Gasteiger partial charge is 0.495 e. The van der Waals surface area contributed by atoms with Crippen molar-refractivity contribution >= 4 is 45.0 Å². The number of sulfonamides is 1. The first-order valence-electron chi connectivity index (χ1n) is 9.92. The van der Waals surface area contributed by atoms with Crippen LogP contribution in [0.2, 0.25) is 5.02 Å². The van der Waals surface area contributed by atoms with Crippen LogP contribution >= 0.6 is 23.4 Å². The second-order valence-corrected chi connectivity index (χ2v) is 10.5. The van der Waals surface area contributed by atoms with Gasteiger partial charge < -0.3 is 10.1 Å². The summed E-state index contributed by atoms with van der Waals surface area (Å²) >= 11 is 7.90. The molecule has 0 aliphatic carbocycles. The van der Waals surface area contributed by atoms with Crippen molar-refractivity contribution in [2.45, 2.75) is 25.5 Å². The standard InChI is InChI=1S/C22H29ClN2O4S2/c1-17-7-4-5-8-18(17)16-30-14-12-24-22(26)9-6-13-25(31(3,27)28)19-10-11-21(29-2)20(23)15-19/h4-5,7-8,10-11,15H,6,9,12-14,16H2,1-3H3,(H,24,26). The number of nitrogens with zero attached hydrogens (tertiary/aromatic N) is 1. The lowest BCUT2D eigenvalue weighted by atomic mass is 10.1. The summed E-state index contributed by atoms with van der Waals surface area (Å²) in [5.74, 6) is 2.12. The van der Waals surface area contributed by atoms with E-state index in [1.807, 2.05) is 12.1 Å². The van der Waals surface area contributed by atoms with Gasteiger partial charge in [0.25, 0.3) is 0 Å². The van der Waals surface area contributed by atoms with Crippen LogP contribution in [-0.4, -0.2) is 46.5 Å². The molecule has 0 spiro atoms. The number of thioether (sulfide) groups is 1. The van der Waals surface area contributed by atoms with Gasteiger partial charge in [0.2, 0.25) is 15.9 Å². The SMILES string of the molecule is COc1ccc(N(CCCC(=O)NCCSCc2ccccc2C)S(C)(=O)=O)cc1Cl. The number of anilines is 1. The van der Waals surface area contributed by atoms with Crippen LogP contribution in [0.1, 0.15) is 24.0 Å². The Bertz CT molecular complexity index is 983. The van der Waals surface area contributed by atoms with Gasteiger partial charge in [-0.05, 0) is 42.7 Å². The fraction of sp³-hybridized carbons (Fsp3) is 0.409. The molecule has 0 aliphatic rings. The maximum absolute atomic E-state index is 12.2. The number of hydrogen-bond acceptors (Lipinski definition) is 5. The topological polar surface area (TPSA) is 75.7 Å². The zero-order valence-corrected chi connectivity index (χ0v) is 20.4. The van der Waals surface area contributed by atoms with E-state index in [1.165, 1.54) is 22.5 Å². The lowest BCUT2D eigenvalue weighted by molar-refractivity contribution is -0.121. The number of ether oxygens (including phenoxy) is 1. The van der Waals surface area contributed by atoms with E-state index in [2.05, 4.69) is 24.4 Å². The van der Waals surface area contributed by atoms with Gasteiger partial charge in [-0.15, -0.1) is 0 Å². The van der Waals surface area contributed by atoms with E-state index in [0.29, 0.717) is 29.4 Å². The second kappa shape index (κ2) is 12.2. The van der Waals surface area contributed by atoms with Crippen LogP contribution in [0, 0.1) is 6.92 Å². The van der Waals surface area contributed by atoms with E-state index in [1.54, 1.807) is 30.0 Å². The fourth-order valence-corrected chi connectivity index (χ4v) is 5.13. The van der Waals surface area contributed by atoms with Gasteiger partial charge in [-0.1, -0.05) is 35.9 Å². The predicted octanol–water partition coefficient (Wildman–Crippen LogP) is 4.25. The average molecular weight is 485 g/mol. The number of carbonyl (C=O) groups excluding carboxylic acids is 1. The molecular formula is C22H29ClN2O4S2. The number of halogens is 1. The zero-order valence-electron chi connectivity index (χ0n) is 18.1. The average Bonchev–Trinajstić information content (AvgIpc) is 2.71. The van der Waals surface area contributed by atoms with Crippen molar-refractivity contribution in [1.29, 1.82) is 0 Å². The molecule has 1 N–H and O–H groups in total. The molecular weight excluding hydrogens is 456 g/mol. The summed E-state index contributed by atoms with van der Waals surface area (Å²) in [6, 6.07) is 13.1. The maximum Gasteiger partial charge on any atom is 0.232 e. The molecule has 2 aromatic carbocycles. The second-order valence-electron chi connectivity index (χ2n) is 7.09. The van der Waals surface area contributed by atoms with E-state index in [-0.39, 0.29) is 18.9 Å². The van der Waals surface area contributed by atoms with Crippen LogP contribution in [0.4, 0.5) is 5.69 Å². The highest BCUT2D eigenvalue weighted by Crippen LogP contribution is 2.30. The molecule has 2 aromatic rings. The van der Waals surface area contributed by atoms with Crippen LogP contribution in [0.3, 0.4) is 0 Å². The maximum atomic E-state index is 12.2. The summed E-state index contributed by atoms with van der Waals surface area (Å²) in [5.41, 5.74) is 3.02. The first-order chi connectivity index (χ1) is 14.7. The highest BCUT2D eigenvalue weighted by molar-refractivity contribution is 7.98. The highest BCUT2D eigenvalue weighted by Gasteiger charge is 2.19. The van der Waals surface area contributed by atoms with Gasteiger partial charge in [0, 0.05) is 31.0 Å². The smallest absolute Gasteiger partial charge is 0.232 e. The highest BCUT2D eigenvalue weighted by atomic mass is 35.5. The normalized spacial score (nSPS) is 11.2. The third-order valence-corrected chi connectivity index (χ3v) is 7.17. The number of aryl methyl sites for hydroxylation is 1. The Morgan fingerprint density at radius 3 is 2.61 bits per heavy atom. The van der Waals surface area contributed by atoms with E-state index < -0.39 is 10.0 Å². The summed E-state index contributed by atoms with van der Waals surface area (Å²) in [6.07, 6.45) is 1.79. The molecule has 0 unspecified atom stereocenters. The molecule has 0 bridgehead atoms.